The third-order valence-corrected chi connectivity index (χ3v) is 4.93. The Morgan fingerprint density at radius 2 is 1.92 bits per heavy atom. The van der Waals surface area contributed by atoms with Crippen LogP contribution in [0.4, 0.5) is 0 Å². The average Bonchev–Trinajstić information content (AvgIpc) is 2.90. The first-order chi connectivity index (χ1) is 12.1. The van der Waals surface area contributed by atoms with Crippen molar-refractivity contribution in [3.8, 4) is 11.4 Å². The Morgan fingerprint density at radius 3 is 2.68 bits per heavy atom. The molecule has 1 aromatic carbocycles. The van der Waals surface area contributed by atoms with Crippen molar-refractivity contribution in [1.29, 1.82) is 0 Å². The Kier molecular flexibility index (Phi) is 6.03. The highest BCUT2D eigenvalue weighted by atomic mass is 15.3. The first-order valence-corrected chi connectivity index (χ1v) is 9.46. The number of allylic oxidation sites excluding steroid dienone is 2. The van der Waals surface area contributed by atoms with Gasteiger partial charge in [0.2, 0.25) is 0 Å². The molecule has 0 saturated heterocycles. The van der Waals surface area contributed by atoms with E-state index in [0.29, 0.717) is 0 Å². The molecule has 0 spiro atoms. The fourth-order valence-electron chi connectivity index (χ4n) is 3.54. The predicted molar refractivity (Wildman–Crippen MR) is 103 cm³/mol. The van der Waals surface area contributed by atoms with Gasteiger partial charge in [0.25, 0.3) is 0 Å². The van der Waals surface area contributed by atoms with Gasteiger partial charge in [-0.1, -0.05) is 48.9 Å². The Labute approximate surface area is 151 Å². The molecule has 0 fully saturated rings. The van der Waals surface area contributed by atoms with Crippen molar-refractivity contribution in [2.75, 3.05) is 19.6 Å². The molecule has 0 amide bonds. The van der Waals surface area contributed by atoms with Gasteiger partial charge < -0.3 is 9.47 Å². The number of benzene rings is 1. The number of rotatable bonds is 6. The van der Waals surface area contributed by atoms with Gasteiger partial charge in [-0.3, -0.25) is 0 Å². The molecule has 2 heterocycles. The van der Waals surface area contributed by atoms with Crippen LogP contribution in [0.15, 0.2) is 42.0 Å². The lowest BCUT2D eigenvalue weighted by Crippen LogP contribution is -2.31. The number of fused-ring (bicyclic) bond motifs is 1. The first kappa shape index (κ1) is 17.9. The van der Waals surface area contributed by atoms with Crippen LogP contribution in [-0.2, 0) is 13.0 Å². The standard InChI is InChI=1S/C21H30N4/c1-17(2)8-7-9-18(3)16-24-13-12-20-22-23-21(25(20)15-14-24)19-10-5-4-6-11-19/h4-6,8,10-11,18H,7,9,12-16H2,1-3H3/t18-/m0/s1. The van der Waals surface area contributed by atoms with E-state index < -0.39 is 0 Å². The topological polar surface area (TPSA) is 34.0 Å². The number of nitrogens with zero attached hydrogens (tertiary/aromatic N) is 4. The van der Waals surface area contributed by atoms with Crippen LogP contribution in [0.1, 0.15) is 39.4 Å². The maximum absolute atomic E-state index is 4.45. The highest BCUT2D eigenvalue weighted by Gasteiger charge is 2.20. The second-order valence-electron chi connectivity index (χ2n) is 7.47. The van der Waals surface area contributed by atoms with Crippen molar-refractivity contribution in [3.05, 3.63) is 47.8 Å². The Bertz CT molecular complexity index is 698. The largest absolute Gasteiger partial charge is 0.310 e. The van der Waals surface area contributed by atoms with Gasteiger partial charge in [-0.25, -0.2) is 0 Å². The normalized spacial score (nSPS) is 16.1. The fraction of sp³-hybridized carbons (Fsp3) is 0.524. The Balaban J connectivity index is 1.59. The van der Waals surface area contributed by atoms with E-state index in [-0.39, 0.29) is 0 Å². The van der Waals surface area contributed by atoms with Gasteiger partial charge in [0.15, 0.2) is 5.82 Å². The van der Waals surface area contributed by atoms with Gasteiger partial charge >= 0.3 is 0 Å². The summed E-state index contributed by atoms with van der Waals surface area (Å²) < 4.78 is 2.31. The molecule has 3 rings (SSSR count). The minimum atomic E-state index is 0.729. The number of aromatic nitrogens is 3. The third kappa shape index (κ3) is 4.79. The summed E-state index contributed by atoms with van der Waals surface area (Å²) in [5, 5.41) is 8.89. The van der Waals surface area contributed by atoms with Gasteiger partial charge in [-0.15, -0.1) is 10.2 Å². The van der Waals surface area contributed by atoms with E-state index in [1.54, 1.807) is 0 Å². The van der Waals surface area contributed by atoms with Crippen molar-refractivity contribution in [2.45, 2.75) is 46.6 Å². The Hall–Kier alpha value is -1.94. The van der Waals surface area contributed by atoms with Gasteiger partial charge in [-0.05, 0) is 32.6 Å². The Morgan fingerprint density at radius 1 is 1.12 bits per heavy atom. The van der Waals surface area contributed by atoms with Gasteiger partial charge in [0.05, 0.1) is 0 Å². The zero-order valence-electron chi connectivity index (χ0n) is 15.8. The van der Waals surface area contributed by atoms with Gasteiger partial charge in [0, 0.05) is 38.2 Å². The molecule has 0 bridgehead atoms. The summed E-state index contributed by atoms with van der Waals surface area (Å²) in [7, 11) is 0. The first-order valence-electron chi connectivity index (χ1n) is 9.46. The quantitative estimate of drug-likeness (QED) is 0.741. The summed E-state index contributed by atoms with van der Waals surface area (Å²) in [5.74, 6) is 2.86. The maximum atomic E-state index is 4.45. The zero-order chi connectivity index (χ0) is 17.6. The minimum Gasteiger partial charge on any atom is -0.310 e. The highest BCUT2D eigenvalue weighted by molar-refractivity contribution is 5.55. The molecule has 4 heteroatoms. The van der Waals surface area contributed by atoms with E-state index in [1.165, 1.54) is 25.0 Å². The molecule has 1 atom stereocenters. The van der Waals surface area contributed by atoms with E-state index in [1.807, 2.05) is 6.07 Å². The van der Waals surface area contributed by atoms with Crippen LogP contribution < -0.4 is 0 Å². The molecular formula is C21H30N4. The molecule has 25 heavy (non-hydrogen) atoms. The summed E-state index contributed by atoms with van der Waals surface area (Å²) in [4.78, 5) is 2.59. The maximum Gasteiger partial charge on any atom is 0.164 e. The average molecular weight is 338 g/mol. The molecule has 0 unspecified atom stereocenters. The van der Waals surface area contributed by atoms with E-state index in [4.69, 9.17) is 0 Å². The molecule has 0 radical (unpaired) electrons. The molecule has 1 aliphatic rings. The summed E-state index contributed by atoms with van der Waals surface area (Å²) in [5.41, 5.74) is 2.58. The van der Waals surface area contributed by atoms with Crippen LogP contribution in [0.3, 0.4) is 0 Å². The molecule has 0 N–H and O–H groups in total. The molecule has 1 aromatic heterocycles. The molecule has 1 aliphatic heterocycles. The van der Waals surface area contributed by atoms with E-state index >= 15 is 0 Å². The van der Waals surface area contributed by atoms with Crippen molar-refractivity contribution in [2.24, 2.45) is 5.92 Å². The summed E-state index contributed by atoms with van der Waals surface area (Å²) in [6, 6.07) is 10.4. The second kappa shape index (κ2) is 8.43. The molecule has 134 valence electrons. The fourth-order valence-corrected chi connectivity index (χ4v) is 3.54. The number of hydrogen-bond donors (Lipinski definition) is 0. The molecular weight excluding hydrogens is 308 g/mol. The molecule has 0 aliphatic carbocycles. The molecule has 0 saturated carbocycles. The summed E-state index contributed by atoms with van der Waals surface area (Å²) in [6.07, 6.45) is 5.80. The summed E-state index contributed by atoms with van der Waals surface area (Å²) in [6.45, 7) is 11.1. The number of hydrogen-bond acceptors (Lipinski definition) is 3. The van der Waals surface area contributed by atoms with Crippen molar-refractivity contribution >= 4 is 0 Å². The van der Waals surface area contributed by atoms with Crippen molar-refractivity contribution < 1.29 is 0 Å². The lowest BCUT2D eigenvalue weighted by Gasteiger charge is -2.23. The van der Waals surface area contributed by atoms with Crippen LogP contribution >= 0.6 is 0 Å². The lowest BCUT2D eigenvalue weighted by atomic mass is 10.0. The van der Waals surface area contributed by atoms with Crippen molar-refractivity contribution in [3.63, 3.8) is 0 Å². The molecule has 2 aromatic rings. The summed E-state index contributed by atoms with van der Waals surface area (Å²) >= 11 is 0. The van der Waals surface area contributed by atoms with E-state index in [9.17, 15) is 0 Å². The van der Waals surface area contributed by atoms with Crippen LogP contribution in [0.25, 0.3) is 11.4 Å². The monoisotopic (exact) mass is 338 g/mol. The van der Waals surface area contributed by atoms with Crippen LogP contribution in [0.2, 0.25) is 0 Å². The zero-order valence-corrected chi connectivity index (χ0v) is 15.8. The lowest BCUT2D eigenvalue weighted by molar-refractivity contribution is 0.237. The SMILES string of the molecule is CC(C)=CCC[C@H](C)CN1CCc2nnc(-c3ccccc3)n2CC1. The molecule has 4 nitrogen and oxygen atoms in total. The van der Waals surface area contributed by atoms with E-state index in [0.717, 1.165) is 49.2 Å². The highest BCUT2D eigenvalue weighted by Crippen LogP contribution is 2.20. The predicted octanol–water partition coefficient (Wildman–Crippen LogP) is 4.19. The van der Waals surface area contributed by atoms with Crippen LogP contribution in [0.5, 0.6) is 0 Å². The smallest absolute Gasteiger partial charge is 0.164 e. The van der Waals surface area contributed by atoms with Crippen LogP contribution in [0, 0.1) is 5.92 Å². The van der Waals surface area contributed by atoms with Gasteiger partial charge in [0.1, 0.15) is 5.82 Å². The van der Waals surface area contributed by atoms with Crippen LogP contribution in [-0.4, -0.2) is 39.3 Å². The van der Waals surface area contributed by atoms with E-state index in [2.05, 4.69) is 70.8 Å². The van der Waals surface area contributed by atoms with Gasteiger partial charge in [-0.2, -0.15) is 0 Å². The van der Waals surface area contributed by atoms with Crippen molar-refractivity contribution in [1.82, 2.24) is 19.7 Å². The second-order valence-corrected chi connectivity index (χ2v) is 7.47. The third-order valence-electron chi connectivity index (χ3n) is 4.93. The minimum absolute atomic E-state index is 0.729.